The van der Waals surface area contributed by atoms with Crippen LogP contribution in [0.15, 0.2) is 77.9 Å². The van der Waals surface area contributed by atoms with E-state index in [1.807, 2.05) is 37.3 Å². The number of anilines is 1. The highest BCUT2D eigenvalue weighted by Gasteiger charge is 2.38. The first-order valence-corrected chi connectivity index (χ1v) is 27.6. The van der Waals surface area contributed by atoms with Gasteiger partial charge in [-0.1, -0.05) is 48.3 Å². The molecule has 0 bridgehead atoms. The fraction of sp³-hybridized carbons (Fsp3) is 0.500. The van der Waals surface area contributed by atoms with Crippen LogP contribution in [0.1, 0.15) is 80.6 Å². The minimum atomic E-state index is -0.815. The van der Waals surface area contributed by atoms with Crippen molar-refractivity contribution in [1.29, 1.82) is 0 Å². The van der Waals surface area contributed by atoms with E-state index in [4.69, 9.17) is 75.3 Å². The molecule has 3 amide bonds. The van der Waals surface area contributed by atoms with E-state index in [0.29, 0.717) is 146 Å². The number of amides is 3. The Kier molecular flexibility index (Phi) is 26.0. The maximum Gasteiger partial charge on any atom is 0.329 e. The number of hydrogen-bond donors (Lipinski definition) is 2. The van der Waals surface area contributed by atoms with Gasteiger partial charge >= 0.3 is 5.97 Å². The molecule has 0 aromatic heterocycles. The van der Waals surface area contributed by atoms with Crippen molar-refractivity contribution in [2.24, 2.45) is 5.10 Å². The predicted octanol–water partition coefficient (Wildman–Crippen LogP) is 8.12. The maximum atomic E-state index is 14.5. The molecule has 0 spiro atoms. The summed E-state index contributed by atoms with van der Waals surface area (Å²) >= 11 is 12.1. The SMILES string of the molecule is CC[C@H](C(=O)N1CCCC[C@H]1C(=O)O[C@@H](CCc1ccc(OC)c(OC)c1)c1cccc(OCC(=O)NCCOCCOCCOCCOCCC(=O)NC2=NN(c3ccc(Cl)c(Cl)c3)CC2)c1)c1cc(OC)c(OC)c(OC)c1. The highest BCUT2D eigenvalue weighted by molar-refractivity contribution is 6.42. The van der Waals surface area contributed by atoms with Gasteiger partial charge in [0.05, 0.1) is 116 Å². The van der Waals surface area contributed by atoms with E-state index in [1.165, 1.54) is 21.3 Å². The summed E-state index contributed by atoms with van der Waals surface area (Å²) in [5.41, 5.74) is 3.07. The second-order valence-electron chi connectivity index (χ2n) is 18.6. The number of nitrogens with one attached hydrogen (secondary N) is 2. The third kappa shape index (κ3) is 18.8. The number of piperidine rings is 1. The van der Waals surface area contributed by atoms with Gasteiger partial charge in [-0.25, -0.2) is 4.79 Å². The number of nitrogens with zero attached hydrogens (tertiary/aromatic N) is 3. The van der Waals surface area contributed by atoms with E-state index in [-0.39, 0.29) is 50.5 Å². The molecule has 22 heteroatoms. The summed E-state index contributed by atoms with van der Waals surface area (Å²) in [5, 5.41) is 12.7. The van der Waals surface area contributed by atoms with Crippen LogP contribution < -0.4 is 44.1 Å². The molecule has 2 heterocycles. The Hall–Kier alpha value is -6.55. The molecule has 0 saturated carbocycles. The molecule has 0 radical (unpaired) electrons. The number of likely N-dealkylation sites (tertiary alicyclic amines) is 1. The lowest BCUT2D eigenvalue weighted by molar-refractivity contribution is -0.162. The Morgan fingerprint density at radius 3 is 2.04 bits per heavy atom. The van der Waals surface area contributed by atoms with Gasteiger partial charge in [-0.3, -0.25) is 19.4 Å². The molecular formula is C58H75Cl2N5O15. The third-order valence-electron chi connectivity index (χ3n) is 13.3. The summed E-state index contributed by atoms with van der Waals surface area (Å²) in [7, 11) is 7.72. The zero-order valence-electron chi connectivity index (χ0n) is 46.5. The molecule has 1 saturated heterocycles. The van der Waals surface area contributed by atoms with Gasteiger partial charge in [-0.15, -0.1) is 0 Å². The normalized spacial score (nSPS) is 14.8. The van der Waals surface area contributed by atoms with Crippen molar-refractivity contribution in [2.45, 2.75) is 76.4 Å². The number of halogens is 2. The van der Waals surface area contributed by atoms with Crippen molar-refractivity contribution in [3.63, 3.8) is 0 Å². The molecular weight excluding hydrogens is 1080 g/mol. The summed E-state index contributed by atoms with van der Waals surface area (Å²) in [6.07, 6.45) is 3.32. The summed E-state index contributed by atoms with van der Waals surface area (Å²) in [5.74, 6) is 1.61. The van der Waals surface area contributed by atoms with Crippen molar-refractivity contribution < 1.29 is 71.3 Å². The van der Waals surface area contributed by atoms with Crippen LogP contribution in [0.3, 0.4) is 0 Å². The lowest BCUT2D eigenvalue weighted by Gasteiger charge is -2.37. The number of hydrazone groups is 1. The van der Waals surface area contributed by atoms with Gasteiger partial charge in [0.15, 0.2) is 29.6 Å². The van der Waals surface area contributed by atoms with Gasteiger partial charge in [0.2, 0.25) is 17.6 Å². The van der Waals surface area contributed by atoms with E-state index < -0.39 is 24.0 Å². The number of methoxy groups -OCH3 is 5. The van der Waals surface area contributed by atoms with Gasteiger partial charge < -0.3 is 67.6 Å². The van der Waals surface area contributed by atoms with E-state index in [0.717, 1.165) is 24.1 Å². The quantitative estimate of drug-likeness (QED) is 0.0341. The average Bonchev–Trinajstić information content (AvgIpc) is 3.98. The van der Waals surface area contributed by atoms with Crippen LogP contribution >= 0.6 is 23.2 Å². The first-order valence-electron chi connectivity index (χ1n) is 26.8. The topological polar surface area (TPSA) is 213 Å². The smallest absolute Gasteiger partial charge is 0.329 e. The fourth-order valence-corrected chi connectivity index (χ4v) is 9.43. The Morgan fingerprint density at radius 1 is 0.688 bits per heavy atom. The minimum absolute atomic E-state index is 0.184. The number of hydrogen-bond acceptors (Lipinski definition) is 17. The van der Waals surface area contributed by atoms with Crippen LogP contribution in [0.5, 0.6) is 34.5 Å². The number of carbonyl (C=O) groups is 4. The number of ether oxygens (including phenoxy) is 11. The Bertz CT molecular complexity index is 2650. The van der Waals surface area contributed by atoms with E-state index in [2.05, 4.69) is 15.7 Å². The number of amidine groups is 1. The molecule has 80 heavy (non-hydrogen) atoms. The van der Waals surface area contributed by atoms with Crippen molar-refractivity contribution in [3.05, 3.63) is 99.5 Å². The first-order chi connectivity index (χ1) is 38.9. The molecule has 6 rings (SSSR count). The van der Waals surface area contributed by atoms with Crippen LogP contribution in [0.25, 0.3) is 0 Å². The lowest BCUT2D eigenvalue weighted by Crippen LogP contribution is -2.50. The molecule has 0 aliphatic carbocycles. The van der Waals surface area contributed by atoms with Gasteiger partial charge in [-0.05, 0) is 110 Å². The first kappa shape index (κ1) is 62.6. The van der Waals surface area contributed by atoms with Crippen LogP contribution in [0.4, 0.5) is 5.69 Å². The Balaban J connectivity index is 0.903. The second-order valence-corrected chi connectivity index (χ2v) is 19.4. The van der Waals surface area contributed by atoms with E-state index in [9.17, 15) is 19.2 Å². The van der Waals surface area contributed by atoms with Crippen LogP contribution in [0, 0.1) is 0 Å². The van der Waals surface area contributed by atoms with Crippen LogP contribution in [0.2, 0.25) is 10.0 Å². The monoisotopic (exact) mass is 1150 g/mol. The third-order valence-corrected chi connectivity index (χ3v) is 14.0. The van der Waals surface area contributed by atoms with Gasteiger partial charge in [-0.2, -0.15) is 5.10 Å². The predicted molar refractivity (Wildman–Crippen MR) is 302 cm³/mol. The summed E-state index contributed by atoms with van der Waals surface area (Å²) in [6.45, 7) is 5.53. The van der Waals surface area contributed by atoms with Crippen molar-refractivity contribution >= 4 is 58.4 Å². The number of rotatable bonds is 33. The van der Waals surface area contributed by atoms with Crippen LogP contribution in [-0.4, -0.2) is 155 Å². The van der Waals surface area contributed by atoms with Crippen molar-refractivity contribution in [1.82, 2.24) is 15.5 Å². The molecule has 4 aromatic rings. The van der Waals surface area contributed by atoms with E-state index in [1.54, 1.807) is 66.6 Å². The molecule has 2 aliphatic rings. The lowest BCUT2D eigenvalue weighted by atomic mass is 9.91. The zero-order chi connectivity index (χ0) is 57.2. The number of benzene rings is 4. The summed E-state index contributed by atoms with van der Waals surface area (Å²) in [4.78, 5) is 55.8. The molecule has 436 valence electrons. The number of aryl methyl sites for hydroxylation is 1. The van der Waals surface area contributed by atoms with Crippen molar-refractivity contribution in [3.8, 4) is 34.5 Å². The molecule has 4 aromatic carbocycles. The molecule has 0 unspecified atom stereocenters. The number of carbonyl (C=O) groups excluding carboxylic acids is 4. The van der Waals surface area contributed by atoms with E-state index >= 15 is 0 Å². The van der Waals surface area contributed by atoms with Gasteiger partial charge in [0.25, 0.3) is 5.91 Å². The molecule has 3 atom stereocenters. The van der Waals surface area contributed by atoms with Crippen molar-refractivity contribution in [2.75, 3.05) is 120 Å². The molecule has 1 fully saturated rings. The Morgan fingerprint density at radius 2 is 1.38 bits per heavy atom. The number of esters is 1. The van der Waals surface area contributed by atoms with Gasteiger partial charge in [0.1, 0.15) is 23.7 Å². The fourth-order valence-electron chi connectivity index (χ4n) is 9.14. The largest absolute Gasteiger partial charge is 0.493 e. The molecule has 20 nitrogen and oxygen atoms in total. The second kappa shape index (κ2) is 33.3. The minimum Gasteiger partial charge on any atom is -0.493 e. The molecule has 2 aliphatic heterocycles. The summed E-state index contributed by atoms with van der Waals surface area (Å²) in [6, 6.07) is 20.8. The van der Waals surface area contributed by atoms with Gasteiger partial charge in [0, 0.05) is 26.1 Å². The summed E-state index contributed by atoms with van der Waals surface area (Å²) < 4.78 is 62.3. The van der Waals surface area contributed by atoms with Crippen LogP contribution in [-0.2, 0) is 49.3 Å². The highest BCUT2D eigenvalue weighted by Crippen LogP contribution is 2.42. The molecule has 2 N–H and O–H groups in total. The zero-order valence-corrected chi connectivity index (χ0v) is 48.0. The highest BCUT2D eigenvalue weighted by atomic mass is 35.5. The maximum absolute atomic E-state index is 14.5. The Labute approximate surface area is 478 Å². The standard InChI is InChI=1S/C58H75Cl2N5O15/c1-7-44(41-35-51(72-4)56(74-6)52(36-41)73-5)57(68)64-23-9-8-13-47(64)58(69)80-48(18-14-39-15-19-49(70-2)50(33-39)71-3)40-11-10-12-43(34-40)79-38-55(67)61-22-26-76-28-30-78-32-31-77-29-27-75-25-21-54(66)62-53-20-24-65(63-53)42-16-17-45(59)46(60)37-42/h10-12,15-17,19,33-37,44,47-48H,7-9,13-14,18,20-32,38H2,1-6H3,(H,61,67)(H,62,63,66)/t44-,47-,48-/m0/s1. The average molecular weight is 1150 g/mol.